The molecule has 94 valence electrons. The van der Waals surface area contributed by atoms with Crippen LogP contribution in [0.1, 0.15) is 12.1 Å². The lowest BCUT2D eigenvalue weighted by molar-refractivity contribution is -0.139. The van der Waals surface area contributed by atoms with E-state index in [0.717, 1.165) is 5.75 Å². The maximum Gasteiger partial charge on any atom is 0.251 e. The summed E-state index contributed by atoms with van der Waals surface area (Å²) in [5.74, 6) is 0.496. The number of carbonyl (C=O) groups excluding carboxylic acids is 1. The first-order chi connectivity index (χ1) is 8.15. The molecular weight excluding hydrogens is 238 g/mol. The fraction of sp³-hybridized carbons (Fsp3) is 0.545. The van der Waals surface area contributed by atoms with Crippen LogP contribution in [0.5, 0.6) is 0 Å². The lowest BCUT2D eigenvalue weighted by atomic mass is 10.2. The van der Waals surface area contributed by atoms with Crippen LogP contribution in [0.4, 0.5) is 0 Å². The Hall–Kier alpha value is -1.14. The van der Waals surface area contributed by atoms with Crippen molar-refractivity contribution in [3.8, 4) is 0 Å². The Morgan fingerprint density at radius 1 is 1.59 bits per heavy atom. The van der Waals surface area contributed by atoms with Gasteiger partial charge in [-0.2, -0.15) is 11.8 Å². The molecule has 0 unspecified atom stereocenters. The molecule has 5 nitrogen and oxygen atoms in total. The van der Waals surface area contributed by atoms with Crippen LogP contribution in [0.25, 0.3) is 0 Å². The van der Waals surface area contributed by atoms with Gasteiger partial charge in [0.15, 0.2) is 0 Å². The highest BCUT2D eigenvalue weighted by Gasteiger charge is 2.19. The SMILES string of the molecule is CSCC[C@H](O)C(=O)N(C)Cc1cnccn1. The van der Waals surface area contributed by atoms with Crippen LogP contribution in [-0.4, -0.2) is 51.0 Å². The van der Waals surface area contributed by atoms with Crippen LogP contribution >= 0.6 is 11.8 Å². The predicted molar refractivity (Wildman–Crippen MR) is 67.5 cm³/mol. The molecule has 6 heteroatoms. The van der Waals surface area contributed by atoms with Crippen molar-refractivity contribution in [2.45, 2.75) is 19.1 Å². The van der Waals surface area contributed by atoms with Crippen LogP contribution in [0.15, 0.2) is 18.6 Å². The monoisotopic (exact) mass is 255 g/mol. The average Bonchev–Trinajstić information content (AvgIpc) is 2.36. The highest BCUT2D eigenvalue weighted by atomic mass is 32.2. The van der Waals surface area contributed by atoms with E-state index in [0.29, 0.717) is 18.7 Å². The number of thioether (sulfide) groups is 1. The van der Waals surface area contributed by atoms with Gasteiger partial charge in [-0.3, -0.25) is 14.8 Å². The minimum atomic E-state index is -0.927. The maximum absolute atomic E-state index is 11.8. The standard InChI is InChI=1S/C11H17N3O2S/c1-14(8-9-7-12-4-5-13-9)11(16)10(15)3-6-17-2/h4-5,7,10,15H,3,6,8H2,1-2H3/t10-/m0/s1. The van der Waals surface area contributed by atoms with Gasteiger partial charge in [-0.05, 0) is 18.4 Å². The van der Waals surface area contributed by atoms with Crippen molar-refractivity contribution in [3.05, 3.63) is 24.3 Å². The lowest BCUT2D eigenvalue weighted by Gasteiger charge is -2.19. The Bertz CT molecular complexity index is 348. The summed E-state index contributed by atoms with van der Waals surface area (Å²) in [6.45, 7) is 0.364. The number of nitrogens with zero attached hydrogens (tertiary/aromatic N) is 3. The van der Waals surface area contributed by atoms with Crippen molar-refractivity contribution in [3.63, 3.8) is 0 Å². The molecule has 1 aromatic heterocycles. The molecule has 0 aliphatic rings. The summed E-state index contributed by atoms with van der Waals surface area (Å²) in [7, 11) is 1.65. The molecule has 0 saturated carbocycles. The van der Waals surface area contributed by atoms with Gasteiger partial charge in [0.25, 0.3) is 5.91 Å². The molecule has 1 amide bonds. The van der Waals surface area contributed by atoms with E-state index in [1.54, 1.807) is 37.4 Å². The second-order valence-corrected chi connectivity index (χ2v) is 4.67. The van der Waals surface area contributed by atoms with Crippen LogP contribution in [0.2, 0.25) is 0 Å². The number of carbonyl (C=O) groups is 1. The summed E-state index contributed by atoms with van der Waals surface area (Å²) in [6.07, 6.45) is 6.27. The number of aliphatic hydroxyl groups is 1. The van der Waals surface area contributed by atoms with Gasteiger partial charge >= 0.3 is 0 Å². The number of aliphatic hydroxyl groups excluding tert-OH is 1. The third-order valence-electron chi connectivity index (χ3n) is 2.27. The first-order valence-corrected chi connectivity index (χ1v) is 6.71. The summed E-state index contributed by atoms with van der Waals surface area (Å²) in [5, 5.41) is 9.66. The van der Waals surface area contributed by atoms with E-state index in [9.17, 15) is 9.90 Å². The van der Waals surface area contributed by atoms with Crippen LogP contribution in [0, 0.1) is 0 Å². The van der Waals surface area contributed by atoms with Crippen molar-refractivity contribution in [1.82, 2.24) is 14.9 Å². The average molecular weight is 255 g/mol. The topological polar surface area (TPSA) is 66.3 Å². The van der Waals surface area contributed by atoms with E-state index in [-0.39, 0.29) is 5.91 Å². The normalized spacial score (nSPS) is 12.2. The van der Waals surface area contributed by atoms with Gasteiger partial charge in [-0.25, -0.2) is 0 Å². The second-order valence-electron chi connectivity index (χ2n) is 3.69. The van der Waals surface area contributed by atoms with Crippen molar-refractivity contribution in [2.24, 2.45) is 0 Å². The van der Waals surface area contributed by atoms with Crippen molar-refractivity contribution >= 4 is 17.7 Å². The molecule has 0 aliphatic carbocycles. The fourth-order valence-electron chi connectivity index (χ4n) is 1.34. The molecule has 1 rings (SSSR count). The van der Waals surface area contributed by atoms with E-state index < -0.39 is 6.10 Å². The molecule has 17 heavy (non-hydrogen) atoms. The smallest absolute Gasteiger partial charge is 0.251 e. The molecule has 0 bridgehead atoms. The minimum Gasteiger partial charge on any atom is -0.383 e. The largest absolute Gasteiger partial charge is 0.383 e. The van der Waals surface area contributed by atoms with Gasteiger partial charge in [0.1, 0.15) is 6.10 Å². The van der Waals surface area contributed by atoms with Crippen LogP contribution in [0.3, 0.4) is 0 Å². The molecular formula is C11H17N3O2S. The Balaban J connectivity index is 2.47. The highest BCUT2D eigenvalue weighted by Crippen LogP contribution is 2.05. The van der Waals surface area contributed by atoms with Crippen molar-refractivity contribution < 1.29 is 9.90 Å². The quantitative estimate of drug-likeness (QED) is 0.804. The first kappa shape index (κ1) is 13.9. The molecule has 0 radical (unpaired) electrons. The van der Waals surface area contributed by atoms with Crippen molar-refractivity contribution in [1.29, 1.82) is 0 Å². The van der Waals surface area contributed by atoms with E-state index in [1.165, 1.54) is 4.90 Å². The van der Waals surface area contributed by atoms with Crippen molar-refractivity contribution in [2.75, 3.05) is 19.1 Å². The zero-order valence-electron chi connectivity index (χ0n) is 10.0. The summed E-state index contributed by atoms with van der Waals surface area (Å²) >= 11 is 1.61. The zero-order chi connectivity index (χ0) is 12.7. The zero-order valence-corrected chi connectivity index (χ0v) is 10.9. The summed E-state index contributed by atoms with van der Waals surface area (Å²) in [6, 6.07) is 0. The summed E-state index contributed by atoms with van der Waals surface area (Å²) in [5.41, 5.74) is 0.709. The molecule has 0 fully saturated rings. The van der Waals surface area contributed by atoms with Crippen LogP contribution < -0.4 is 0 Å². The van der Waals surface area contributed by atoms with E-state index >= 15 is 0 Å². The number of amides is 1. The van der Waals surface area contributed by atoms with Gasteiger partial charge in [0.05, 0.1) is 18.4 Å². The van der Waals surface area contributed by atoms with Gasteiger partial charge in [-0.1, -0.05) is 0 Å². The molecule has 1 N–H and O–H groups in total. The predicted octanol–water partition coefficient (Wildman–Crippen LogP) is 0.549. The Labute approximate surface area is 105 Å². The Morgan fingerprint density at radius 2 is 2.35 bits per heavy atom. The molecule has 0 spiro atoms. The molecule has 1 heterocycles. The number of hydrogen-bond donors (Lipinski definition) is 1. The second kappa shape index (κ2) is 7.24. The van der Waals surface area contributed by atoms with Gasteiger partial charge < -0.3 is 10.0 Å². The summed E-state index contributed by atoms with van der Waals surface area (Å²) < 4.78 is 0. The molecule has 1 aromatic rings. The molecule has 0 aromatic carbocycles. The Kier molecular flexibility index (Phi) is 5.93. The summed E-state index contributed by atoms with van der Waals surface area (Å²) in [4.78, 5) is 21.2. The lowest BCUT2D eigenvalue weighted by Crippen LogP contribution is -2.36. The maximum atomic E-state index is 11.8. The highest BCUT2D eigenvalue weighted by molar-refractivity contribution is 7.98. The first-order valence-electron chi connectivity index (χ1n) is 5.32. The molecule has 1 atom stereocenters. The molecule has 0 aliphatic heterocycles. The van der Waals surface area contributed by atoms with Gasteiger partial charge in [0.2, 0.25) is 0 Å². The third-order valence-corrected chi connectivity index (χ3v) is 2.92. The molecule has 0 saturated heterocycles. The van der Waals surface area contributed by atoms with Gasteiger partial charge in [-0.15, -0.1) is 0 Å². The number of aromatic nitrogens is 2. The number of rotatable bonds is 6. The van der Waals surface area contributed by atoms with E-state index in [1.807, 2.05) is 6.26 Å². The van der Waals surface area contributed by atoms with Crippen LogP contribution in [-0.2, 0) is 11.3 Å². The minimum absolute atomic E-state index is 0.273. The Morgan fingerprint density at radius 3 is 2.94 bits per heavy atom. The van der Waals surface area contributed by atoms with Gasteiger partial charge in [0, 0.05) is 19.4 Å². The fourth-order valence-corrected chi connectivity index (χ4v) is 1.80. The number of likely N-dealkylation sites (N-methyl/N-ethyl adjacent to an activating group) is 1. The van der Waals surface area contributed by atoms with E-state index in [4.69, 9.17) is 0 Å². The number of hydrogen-bond acceptors (Lipinski definition) is 5. The third kappa shape index (κ3) is 4.70. The van der Waals surface area contributed by atoms with E-state index in [2.05, 4.69) is 9.97 Å².